The maximum absolute atomic E-state index is 12.7. The van der Waals surface area contributed by atoms with E-state index in [1.807, 2.05) is 0 Å². The van der Waals surface area contributed by atoms with Gasteiger partial charge in [-0.3, -0.25) is 4.79 Å². The number of nitrogens with two attached hydrogens (primary N) is 1. The summed E-state index contributed by atoms with van der Waals surface area (Å²) in [6, 6.07) is 6.69. The van der Waals surface area contributed by atoms with Gasteiger partial charge in [0.15, 0.2) is 24.7 Å². The molecule has 33 heavy (non-hydrogen) atoms. The molecular weight excluding hydrogens is 471 g/mol. The maximum Gasteiger partial charge on any atom is 0.416 e. The number of primary amides is 1. The van der Waals surface area contributed by atoms with Crippen LogP contribution in [0.2, 0.25) is 5.02 Å². The van der Waals surface area contributed by atoms with E-state index in [-0.39, 0.29) is 39.4 Å². The average Bonchev–Trinajstić information content (AvgIpc) is 3.24. The number of methoxy groups -OCH3 is 1. The Labute approximate surface area is 189 Å². The number of alkyl halides is 3. The Balaban J connectivity index is 1.67. The first-order valence-electron chi connectivity index (χ1n) is 9.04. The molecule has 0 spiro atoms. The summed E-state index contributed by atoms with van der Waals surface area (Å²) < 4.78 is 58.4. The van der Waals surface area contributed by atoms with Crippen molar-refractivity contribution in [2.45, 2.75) is 12.8 Å². The zero-order valence-corrected chi connectivity index (χ0v) is 17.6. The molecule has 1 amide bonds. The van der Waals surface area contributed by atoms with Gasteiger partial charge in [0, 0.05) is 5.56 Å². The molecule has 0 unspecified atom stereocenters. The van der Waals surface area contributed by atoms with E-state index < -0.39 is 36.8 Å². The molecule has 2 N–H and O–H groups in total. The Kier molecular flexibility index (Phi) is 7.07. The average molecular weight is 486 g/mol. The maximum atomic E-state index is 12.7. The van der Waals surface area contributed by atoms with Gasteiger partial charge in [-0.1, -0.05) is 28.9 Å². The van der Waals surface area contributed by atoms with E-state index in [4.69, 9.17) is 36.1 Å². The van der Waals surface area contributed by atoms with Crippen molar-refractivity contribution in [2.24, 2.45) is 5.73 Å². The van der Waals surface area contributed by atoms with Crippen LogP contribution in [0.3, 0.4) is 0 Å². The highest BCUT2D eigenvalue weighted by Crippen LogP contribution is 2.36. The quantitative estimate of drug-likeness (QED) is 0.479. The number of rotatable bonds is 8. The molecule has 9 nitrogen and oxygen atoms in total. The first kappa shape index (κ1) is 23.9. The highest BCUT2D eigenvalue weighted by Gasteiger charge is 2.30. The van der Waals surface area contributed by atoms with Crippen LogP contribution in [-0.2, 0) is 22.3 Å². The number of esters is 1. The third-order valence-corrected chi connectivity index (χ3v) is 4.37. The molecule has 0 aliphatic carbocycles. The van der Waals surface area contributed by atoms with Crippen LogP contribution in [0, 0.1) is 0 Å². The summed E-state index contributed by atoms with van der Waals surface area (Å²) in [4.78, 5) is 27.3. The number of carbonyl (C=O) groups excluding carboxylic acids is 2. The minimum atomic E-state index is -4.47. The Hall–Kier alpha value is -3.80. The lowest BCUT2D eigenvalue weighted by molar-refractivity contribution is -0.137. The number of hydrogen-bond donors (Lipinski definition) is 1. The molecule has 174 valence electrons. The second-order valence-corrected chi connectivity index (χ2v) is 6.81. The first-order valence-corrected chi connectivity index (χ1v) is 9.42. The molecule has 0 saturated heterocycles. The molecule has 2 aromatic carbocycles. The number of halogens is 4. The van der Waals surface area contributed by atoms with Crippen molar-refractivity contribution in [3.63, 3.8) is 0 Å². The fourth-order valence-corrected chi connectivity index (χ4v) is 2.84. The van der Waals surface area contributed by atoms with E-state index in [1.165, 1.54) is 31.4 Å². The van der Waals surface area contributed by atoms with Crippen molar-refractivity contribution in [3.8, 4) is 22.9 Å². The van der Waals surface area contributed by atoms with E-state index >= 15 is 0 Å². The van der Waals surface area contributed by atoms with Crippen molar-refractivity contribution >= 4 is 23.5 Å². The lowest BCUT2D eigenvalue weighted by Gasteiger charge is -2.12. The Bertz CT molecular complexity index is 1160. The molecule has 1 aromatic heterocycles. The predicted octanol–water partition coefficient (Wildman–Crippen LogP) is 3.64. The fourth-order valence-electron chi connectivity index (χ4n) is 2.57. The van der Waals surface area contributed by atoms with Gasteiger partial charge in [0.2, 0.25) is 5.82 Å². The summed E-state index contributed by atoms with van der Waals surface area (Å²) >= 11 is 6.09. The summed E-state index contributed by atoms with van der Waals surface area (Å²) in [6.45, 7) is -0.857. The van der Waals surface area contributed by atoms with E-state index in [2.05, 4.69) is 10.1 Å². The van der Waals surface area contributed by atoms with Gasteiger partial charge >= 0.3 is 12.1 Å². The van der Waals surface area contributed by atoms with Gasteiger partial charge in [-0.05, 0) is 24.3 Å². The van der Waals surface area contributed by atoms with Crippen molar-refractivity contribution in [1.29, 1.82) is 0 Å². The van der Waals surface area contributed by atoms with Crippen LogP contribution in [0.25, 0.3) is 11.4 Å². The van der Waals surface area contributed by atoms with Crippen molar-refractivity contribution < 1.29 is 41.5 Å². The summed E-state index contributed by atoms with van der Waals surface area (Å²) in [5.74, 6) is -1.52. The van der Waals surface area contributed by atoms with Gasteiger partial charge in [-0.25, -0.2) is 4.79 Å². The zero-order chi connectivity index (χ0) is 24.2. The highest BCUT2D eigenvalue weighted by molar-refractivity contribution is 6.32. The predicted molar refractivity (Wildman–Crippen MR) is 107 cm³/mol. The summed E-state index contributed by atoms with van der Waals surface area (Å²) in [7, 11) is 1.30. The molecule has 3 aromatic rings. The normalized spacial score (nSPS) is 11.2. The number of nitrogens with zero attached hydrogens (tertiary/aromatic N) is 2. The molecule has 13 heteroatoms. The van der Waals surface area contributed by atoms with Crippen LogP contribution < -0.4 is 15.2 Å². The second-order valence-electron chi connectivity index (χ2n) is 6.41. The van der Waals surface area contributed by atoms with Gasteiger partial charge in [0.1, 0.15) is 0 Å². The van der Waals surface area contributed by atoms with Gasteiger partial charge in [0.05, 0.1) is 23.3 Å². The molecule has 0 aliphatic heterocycles. The van der Waals surface area contributed by atoms with E-state index in [0.717, 1.165) is 12.1 Å². The van der Waals surface area contributed by atoms with Crippen molar-refractivity contribution in [2.75, 3.05) is 13.7 Å². The molecule has 0 fully saturated rings. The molecule has 0 aliphatic rings. The summed E-state index contributed by atoms with van der Waals surface area (Å²) in [5, 5.41) is 3.64. The monoisotopic (exact) mass is 485 g/mol. The number of benzene rings is 2. The summed E-state index contributed by atoms with van der Waals surface area (Å²) in [5.41, 5.74) is 4.50. The van der Waals surface area contributed by atoms with Crippen LogP contribution in [0.15, 0.2) is 40.9 Å². The molecule has 0 radical (unpaired) electrons. The van der Waals surface area contributed by atoms with E-state index in [0.29, 0.717) is 0 Å². The molecule has 0 atom stereocenters. The van der Waals surface area contributed by atoms with Crippen LogP contribution >= 0.6 is 11.6 Å². The molecule has 3 rings (SSSR count). The second kappa shape index (κ2) is 9.77. The van der Waals surface area contributed by atoms with Crippen LogP contribution in [-0.4, -0.2) is 35.7 Å². The topological polar surface area (TPSA) is 127 Å². The van der Waals surface area contributed by atoms with Gasteiger partial charge < -0.3 is 24.5 Å². The largest absolute Gasteiger partial charge is 0.493 e. The van der Waals surface area contributed by atoms with Gasteiger partial charge in [-0.15, -0.1) is 0 Å². The number of hydrogen-bond acceptors (Lipinski definition) is 8. The van der Waals surface area contributed by atoms with Gasteiger partial charge in [-0.2, -0.15) is 18.2 Å². The van der Waals surface area contributed by atoms with Crippen LogP contribution in [0.4, 0.5) is 13.2 Å². The van der Waals surface area contributed by atoms with Crippen molar-refractivity contribution in [1.82, 2.24) is 10.1 Å². The molecular formula is C20H15ClF3N3O6. The lowest BCUT2D eigenvalue weighted by Crippen LogP contribution is -2.20. The smallest absolute Gasteiger partial charge is 0.416 e. The minimum absolute atomic E-state index is 0.00533. The number of carbonyl (C=O) groups is 2. The standard InChI is InChI=1S/C20H15ClF3N3O6/c1-30-14-7-11(6-13(21)17(14)31-8-15(25)28)19(29)32-9-16-26-18(27-33-16)10-2-4-12(5-3-10)20(22,23)24/h2-7H,8-9H2,1H3,(H2,25,28). The van der Waals surface area contributed by atoms with E-state index in [9.17, 15) is 22.8 Å². The zero-order valence-electron chi connectivity index (χ0n) is 16.8. The Morgan fingerprint density at radius 1 is 1.18 bits per heavy atom. The molecule has 1 heterocycles. The Morgan fingerprint density at radius 3 is 2.48 bits per heavy atom. The number of aromatic nitrogens is 2. The fraction of sp³-hybridized carbons (Fsp3) is 0.200. The number of amides is 1. The molecule has 0 saturated carbocycles. The first-order chi connectivity index (χ1) is 15.6. The van der Waals surface area contributed by atoms with Crippen molar-refractivity contribution in [3.05, 3.63) is 58.4 Å². The summed E-state index contributed by atoms with van der Waals surface area (Å²) in [6.07, 6.45) is -4.47. The third-order valence-electron chi connectivity index (χ3n) is 4.09. The Morgan fingerprint density at radius 2 is 1.88 bits per heavy atom. The minimum Gasteiger partial charge on any atom is -0.493 e. The lowest BCUT2D eigenvalue weighted by atomic mass is 10.1. The number of ether oxygens (including phenoxy) is 3. The third kappa shape index (κ3) is 5.92. The van der Waals surface area contributed by atoms with Crippen LogP contribution in [0.5, 0.6) is 11.5 Å². The molecule has 0 bridgehead atoms. The van der Waals surface area contributed by atoms with Crippen LogP contribution in [0.1, 0.15) is 21.8 Å². The highest BCUT2D eigenvalue weighted by atomic mass is 35.5. The SMILES string of the molecule is COc1cc(C(=O)OCc2nc(-c3ccc(C(F)(F)F)cc3)no2)cc(Cl)c1OCC(N)=O. The van der Waals surface area contributed by atoms with E-state index in [1.54, 1.807) is 0 Å². The van der Waals surface area contributed by atoms with Gasteiger partial charge in [0.25, 0.3) is 11.8 Å².